The second-order valence-electron chi connectivity index (χ2n) is 10.2. The number of aromatic carboxylic acids is 1. The molecule has 0 aliphatic heterocycles. The standard InChI is InChI=1S/C21H19F3N8O3.C10H10F3NO4/c1-32(14-5-3-2-4-6-14)20-29-16(28-19(25)30-20)17-27-18(35-31-17)13-7-8-15(26-11-13)34-10-9-33-12-21(22,23)24;11-10(12,13)6-17-3-4-18-8-2-1-7(5-14-8)9(15)16/h2-8,11H,9-10,12H2,1H3,(H2,25,28,29,30);1-2,5H,3-4,6H2,(H,15,16). The zero-order chi connectivity index (χ0) is 38.4. The quantitative estimate of drug-likeness (QED) is 0.106. The largest absolute Gasteiger partial charge is 0.478 e. The molecule has 0 saturated heterocycles. The van der Waals surface area contributed by atoms with Gasteiger partial charge in [0.25, 0.3) is 5.89 Å². The van der Waals surface area contributed by atoms with Crippen LogP contribution in [0.15, 0.2) is 71.5 Å². The SMILES string of the molecule is CN(c1ccccc1)c1nc(N)nc(-c2noc(-c3ccc(OCCOCC(F)(F)F)nc3)n2)n1.O=C(O)c1ccc(OCCOCC(F)(F)F)nc1. The van der Waals surface area contributed by atoms with Crippen molar-refractivity contribution in [1.29, 1.82) is 0 Å². The number of carboxylic acid groups (broad SMARTS) is 1. The number of hydrogen-bond acceptors (Lipinski definition) is 15. The van der Waals surface area contributed by atoms with E-state index in [2.05, 4.69) is 44.5 Å². The Kier molecular flexibility index (Phi) is 13.7. The molecule has 1 aromatic carbocycles. The van der Waals surface area contributed by atoms with Gasteiger partial charge in [0, 0.05) is 37.3 Å². The lowest BCUT2D eigenvalue weighted by atomic mass is 10.3. The first-order valence-corrected chi connectivity index (χ1v) is 15.0. The minimum absolute atomic E-state index is 0.00401. The molecule has 0 unspecified atom stereocenters. The molecule has 0 aliphatic carbocycles. The molecular weight excluding hydrogens is 724 g/mol. The van der Waals surface area contributed by atoms with Crippen molar-refractivity contribution in [2.75, 3.05) is 57.3 Å². The van der Waals surface area contributed by atoms with E-state index in [1.165, 1.54) is 24.4 Å². The number of anilines is 3. The number of carbonyl (C=O) groups is 1. The van der Waals surface area contributed by atoms with Crippen LogP contribution in [-0.2, 0) is 9.47 Å². The van der Waals surface area contributed by atoms with Gasteiger partial charge in [0.1, 0.15) is 26.4 Å². The molecule has 53 heavy (non-hydrogen) atoms. The van der Waals surface area contributed by atoms with Crippen LogP contribution in [0.4, 0.5) is 43.9 Å². The fourth-order valence-electron chi connectivity index (χ4n) is 3.80. The molecule has 3 N–H and O–H groups in total. The topological polar surface area (TPSA) is 207 Å². The number of rotatable bonds is 15. The summed E-state index contributed by atoms with van der Waals surface area (Å²) in [6, 6.07) is 15.2. The monoisotopic (exact) mass is 753 g/mol. The van der Waals surface area contributed by atoms with Crippen LogP contribution in [0.5, 0.6) is 11.8 Å². The molecule has 0 radical (unpaired) electrons. The molecule has 0 amide bonds. The van der Waals surface area contributed by atoms with Gasteiger partial charge < -0.3 is 39.2 Å². The van der Waals surface area contributed by atoms with Crippen LogP contribution < -0.4 is 20.1 Å². The number of carboxylic acids is 1. The first-order chi connectivity index (χ1) is 25.2. The predicted octanol–water partition coefficient (Wildman–Crippen LogP) is 5.03. The zero-order valence-electron chi connectivity index (χ0n) is 27.4. The van der Waals surface area contributed by atoms with Gasteiger partial charge in [-0.05, 0) is 24.3 Å². The van der Waals surface area contributed by atoms with E-state index in [0.717, 1.165) is 11.9 Å². The maximum absolute atomic E-state index is 12.0. The van der Waals surface area contributed by atoms with Crippen LogP contribution >= 0.6 is 0 Å². The van der Waals surface area contributed by atoms with E-state index in [9.17, 15) is 31.1 Å². The molecule has 16 nitrogen and oxygen atoms in total. The Morgan fingerprint density at radius 1 is 0.774 bits per heavy atom. The van der Waals surface area contributed by atoms with Crippen molar-refractivity contribution in [2.45, 2.75) is 12.4 Å². The van der Waals surface area contributed by atoms with Crippen molar-refractivity contribution in [1.82, 2.24) is 35.1 Å². The number of nitrogens with two attached hydrogens (primary N) is 1. The number of hydrogen-bond donors (Lipinski definition) is 2. The Bertz CT molecular complexity index is 1880. The number of aromatic nitrogens is 7. The number of ether oxygens (including phenoxy) is 4. The molecule has 0 aliphatic rings. The highest BCUT2D eigenvalue weighted by molar-refractivity contribution is 5.87. The number of para-hydroxylation sites is 1. The second kappa shape index (κ2) is 18.4. The van der Waals surface area contributed by atoms with Crippen LogP contribution in [0.25, 0.3) is 23.1 Å². The summed E-state index contributed by atoms with van der Waals surface area (Å²) in [6.45, 7) is -3.32. The molecule has 5 rings (SSSR count). The van der Waals surface area contributed by atoms with E-state index in [1.807, 2.05) is 30.3 Å². The van der Waals surface area contributed by atoms with Crippen LogP contribution in [0.3, 0.4) is 0 Å². The van der Waals surface area contributed by atoms with Gasteiger partial charge in [-0.2, -0.15) is 46.3 Å². The van der Waals surface area contributed by atoms with Crippen molar-refractivity contribution in [3.8, 4) is 34.9 Å². The van der Waals surface area contributed by atoms with Gasteiger partial charge >= 0.3 is 18.3 Å². The summed E-state index contributed by atoms with van der Waals surface area (Å²) in [6.07, 6.45) is -6.23. The second-order valence-corrected chi connectivity index (χ2v) is 10.2. The summed E-state index contributed by atoms with van der Waals surface area (Å²) in [5.74, 6) is -0.157. The van der Waals surface area contributed by atoms with Crippen molar-refractivity contribution >= 4 is 23.6 Å². The molecule has 4 aromatic heterocycles. The van der Waals surface area contributed by atoms with E-state index in [4.69, 9.17) is 24.8 Å². The molecule has 4 heterocycles. The average Bonchev–Trinajstić information content (AvgIpc) is 3.62. The van der Waals surface area contributed by atoms with Crippen molar-refractivity contribution in [3.63, 3.8) is 0 Å². The lowest BCUT2D eigenvalue weighted by molar-refractivity contribution is -0.175. The molecule has 0 saturated carbocycles. The van der Waals surface area contributed by atoms with Gasteiger partial charge in [0.05, 0.1) is 24.3 Å². The molecule has 0 fully saturated rings. The van der Waals surface area contributed by atoms with Crippen LogP contribution in [-0.4, -0.2) is 105 Å². The molecular formula is C31H29F6N9O7. The van der Waals surface area contributed by atoms with Crippen LogP contribution in [0.1, 0.15) is 10.4 Å². The first-order valence-electron chi connectivity index (χ1n) is 15.0. The third kappa shape index (κ3) is 13.5. The lowest BCUT2D eigenvalue weighted by Gasteiger charge is -2.17. The van der Waals surface area contributed by atoms with Gasteiger partial charge in [-0.1, -0.05) is 23.4 Å². The highest BCUT2D eigenvalue weighted by atomic mass is 19.4. The summed E-state index contributed by atoms with van der Waals surface area (Å²) in [5.41, 5.74) is 7.18. The van der Waals surface area contributed by atoms with Gasteiger partial charge in [-0.3, -0.25) is 0 Å². The van der Waals surface area contributed by atoms with Gasteiger partial charge in [0.15, 0.2) is 0 Å². The Hall–Kier alpha value is -6.16. The highest BCUT2D eigenvalue weighted by Gasteiger charge is 2.28. The van der Waals surface area contributed by atoms with Crippen LogP contribution in [0.2, 0.25) is 0 Å². The van der Waals surface area contributed by atoms with E-state index >= 15 is 0 Å². The van der Waals surface area contributed by atoms with Crippen LogP contribution in [0, 0.1) is 0 Å². The van der Waals surface area contributed by atoms with E-state index in [1.54, 1.807) is 18.0 Å². The number of halogens is 6. The Morgan fingerprint density at radius 3 is 1.91 bits per heavy atom. The Balaban J connectivity index is 0.000000294. The maximum Gasteiger partial charge on any atom is 0.411 e. The molecule has 5 aromatic rings. The third-order valence-corrected chi connectivity index (χ3v) is 6.16. The fourth-order valence-corrected chi connectivity index (χ4v) is 3.80. The third-order valence-electron chi connectivity index (χ3n) is 6.16. The summed E-state index contributed by atoms with van der Waals surface area (Å²) >= 11 is 0. The number of pyridine rings is 2. The molecule has 0 bridgehead atoms. The maximum atomic E-state index is 12.0. The van der Waals surface area contributed by atoms with E-state index in [-0.39, 0.29) is 67.2 Å². The molecule has 0 atom stereocenters. The van der Waals surface area contributed by atoms with Crippen molar-refractivity contribution < 1.29 is 59.7 Å². The zero-order valence-corrected chi connectivity index (χ0v) is 27.4. The first kappa shape index (κ1) is 39.6. The summed E-state index contributed by atoms with van der Waals surface area (Å²) in [7, 11) is 1.79. The molecule has 0 spiro atoms. The minimum atomic E-state index is -4.38. The number of nitrogens with zero attached hydrogens (tertiary/aromatic N) is 8. The minimum Gasteiger partial charge on any atom is -0.478 e. The van der Waals surface area contributed by atoms with E-state index in [0.29, 0.717) is 11.5 Å². The number of alkyl halides is 6. The summed E-state index contributed by atoms with van der Waals surface area (Å²) < 4.78 is 95.5. The normalized spacial score (nSPS) is 11.4. The highest BCUT2D eigenvalue weighted by Crippen LogP contribution is 2.25. The van der Waals surface area contributed by atoms with E-state index < -0.39 is 31.5 Å². The van der Waals surface area contributed by atoms with Gasteiger partial charge in [-0.25, -0.2) is 14.8 Å². The fraction of sp³-hybridized carbons (Fsp3) is 0.290. The number of benzene rings is 1. The van der Waals surface area contributed by atoms with Gasteiger partial charge in [0.2, 0.25) is 35.3 Å². The Labute approximate surface area is 295 Å². The molecule has 22 heteroatoms. The Morgan fingerprint density at radius 2 is 1.38 bits per heavy atom. The van der Waals surface area contributed by atoms with Crippen molar-refractivity contribution in [3.05, 3.63) is 72.6 Å². The predicted molar refractivity (Wildman–Crippen MR) is 171 cm³/mol. The smallest absolute Gasteiger partial charge is 0.411 e. The number of nitrogen functional groups attached to an aromatic ring is 1. The van der Waals surface area contributed by atoms with Crippen molar-refractivity contribution in [2.24, 2.45) is 0 Å². The lowest BCUT2D eigenvalue weighted by Crippen LogP contribution is -2.19. The summed E-state index contributed by atoms with van der Waals surface area (Å²) in [4.78, 5) is 36.9. The van der Waals surface area contributed by atoms with Gasteiger partial charge in [-0.15, -0.1) is 0 Å². The average molecular weight is 754 g/mol. The summed E-state index contributed by atoms with van der Waals surface area (Å²) in [5, 5.41) is 12.5. The molecule has 282 valence electrons.